The highest BCUT2D eigenvalue weighted by atomic mass is 19.3. The average molecular weight is 425 g/mol. The minimum atomic E-state index is -3.19. The van der Waals surface area contributed by atoms with Crippen molar-refractivity contribution < 1.29 is 27.5 Å². The molecule has 1 aromatic heterocycles. The quantitative estimate of drug-likeness (QED) is 0.438. The first-order valence-corrected chi connectivity index (χ1v) is 9.90. The van der Waals surface area contributed by atoms with Gasteiger partial charge >= 0.3 is 5.97 Å². The van der Waals surface area contributed by atoms with Crippen LogP contribution in [0.4, 0.5) is 8.78 Å². The van der Waals surface area contributed by atoms with Crippen LogP contribution in [0.3, 0.4) is 0 Å². The van der Waals surface area contributed by atoms with Gasteiger partial charge in [-0.05, 0) is 43.3 Å². The van der Waals surface area contributed by atoms with Gasteiger partial charge in [0.2, 0.25) is 0 Å². The van der Waals surface area contributed by atoms with E-state index in [0.29, 0.717) is 11.3 Å². The van der Waals surface area contributed by atoms with Gasteiger partial charge in [-0.2, -0.15) is 0 Å². The number of halogens is 2. The number of alkyl halides is 2. The number of rotatable bonds is 4. The first-order chi connectivity index (χ1) is 14.8. The van der Waals surface area contributed by atoms with Crippen LogP contribution in [-0.2, 0) is 4.79 Å². The van der Waals surface area contributed by atoms with E-state index in [-0.39, 0.29) is 17.9 Å². The second-order valence-corrected chi connectivity index (χ2v) is 7.73. The molecule has 0 radical (unpaired) electrons. The number of aryl methyl sites for hydroxylation is 1. The lowest BCUT2D eigenvalue weighted by molar-refractivity contribution is -0.148. The molecule has 7 heteroatoms. The highest BCUT2D eigenvalue weighted by molar-refractivity contribution is 5.95. The standard InChI is InChI=1S/C24H21F2NO4/c1-16-7-9-20(10-8-16)31-23(29)19-13-24(25,26)15-27(14-19)22(28)18-5-2-4-17(12-18)21-6-3-11-30-21/h2-12,19H,13-15H2,1H3. The van der Waals surface area contributed by atoms with Crippen molar-refractivity contribution >= 4 is 11.9 Å². The lowest BCUT2D eigenvalue weighted by atomic mass is 9.94. The fourth-order valence-corrected chi connectivity index (χ4v) is 3.65. The van der Waals surface area contributed by atoms with Gasteiger partial charge < -0.3 is 14.1 Å². The van der Waals surface area contributed by atoms with E-state index in [9.17, 15) is 18.4 Å². The third kappa shape index (κ3) is 4.82. The summed E-state index contributed by atoms with van der Waals surface area (Å²) in [6.07, 6.45) is 0.854. The third-order valence-electron chi connectivity index (χ3n) is 5.18. The van der Waals surface area contributed by atoms with E-state index in [1.165, 1.54) is 6.26 Å². The molecule has 2 heterocycles. The third-order valence-corrected chi connectivity index (χ3v) is 5.18. The van der Waals surface area contributed by atoms with Crippen molar-refractivity contribution in [1.29, 1.82) is 0 Å². The van der Waals surface area contributed by atoms with Gasteiger partial charge in [0.25, 0.3) is 11.8 Å². The molecule has 1 unspecified atom stereocenters. The number of furan rings is 1. The molecule has 5 nitrogen and oxygen atoms in total. The van der Waals surface area contributed by atoms with Gasteiger partial charge in [0.1, 0.15) is 11.5 Å². The van der Waals surface area contributed by atoms with Crippen LogP contribution in [0.25, 0.3) is 11.3 Å². The monoisotopic (exact) mass is 425 g/mol. The van der Waals surface area contributed by atoms with Crippen molar-refractivity contribution in [2.45, 2.75) is 19.3 Å². The molecule has 1 saturated heterocycles. The van der Waals surface area contributed by atoms with Crippen LogP contribution < -0.4 is 4.74 Å². The summed E-state index contributed by atoms with van der Waals surface area (Å²) in [6.45, 7) is 1.01. The van der Waals surface area contributed by atoms with Gasteiger partial charge in [0.05, 0.1) is 18.7 Å². The smallest absolute Gasteiger partial charge is 0.316 e. The highest BCUT2D eigenvalue weighted by Crippen LogP contribution is 2.33. The number of benzene rings is 2. The van der Waals surface area contributed by atoms with Gasteiger partial charge in [-0.1, -0.05) is 29.8 Å². The maximum absolute atomic E-state index is 14.4. The van der Waals surface area contributed by atoms with Crippen LogP contribution >= 0.6 is 0 Å². The van der Waals surface area contributed by atoms with Crippen molar-refractivity contribution in [3.05, 3.63) is 78.1 Å². The minimum absolute atomic E-state index is 0.135. The number of nitrogens with zero attached hydrogens (tertiary/aromatic N) is 1. The normalized spacial score (nSPS) is 17.9. The number of amides is 1. The van der Waals surface area contributed by atoms with Crippen molar-refractivity contribution in [3.63, 3.8) is 0 Å². The molecule has 0 aliphatic carbocycles. The molecular formula is C24H21F2NO4. The molecule has 1 amide bonds. The molecule has 2 aromatic carbocycles. The predicted octanol–water partition coefficient (Wildman–Crippen LogP) is 4.96. The average Bonchev–Trinajstić information content (AvgIpc) is 3.29. The van der Waals surface area contributed by atoms with Crippen molar-refractivity contribution in [2.24, 2.45) is 5.92 Å². The molecule has 0 spiro atoms. The first-order valence-electron chi connectivity index (χ1n) is 9.90. The predicted molar refractivity (Wildman–Crippen MR) is 110 cm³/mol. The lowest BCUT2D eigenvalue weighted by Gasteiger charge is -2.36. The van der Waals surface area contributed by atoms with Gasteiger partial charge in [0.15, 0.2) is 0 Å². The summed E-state index contributed by atoms with van der Waals surface area (Å²) in [7, 11) is 0. The van der Waals surface area contributed by atoms with E-state index < -0.39 is 36.7 Å². The van der Waals surface area contributed by atoms with Crippen LogP contribution in [-0.4, -0.2) is 35.8 Å². The highest BCUT2D eigenvalue weighted by Gasteiger charge is 2.45. The van der Waals surface area contributed by atoms with Gasteiger partial charge in [-0.15, -0.1) is 0 Å². The number of hydrogen-bond acceptors (Lipinski definition) is 4. The Morgan fingerprint density at radius 2 is 1.87 bits per heavy atom. The second kappa shape index (κ2) is 8.34. The van der Waals surface area contributed by atoms with E-state index >= 15 is 0 Å². The Balaban J connectivity index is 1.51. The molecule has 3 aromatic rings. The van der Waals surface area contributed by atoms with E-state index in [1.807, 2.05) is 6.92 Å². The number of carbonyl (C=O) groups is 2. The van der Waals surface area contributed by atoms with Crippen LogP contribution in [0.15, 0.2) is 71.3 Å². The van der Waals surface area contributed by atoms with Crippen molar-refractivity contribution in [2.75, 3.05) is 13.1 Å². The Morgan fingerprint density at radius 3 is 2.58 bits per heavy atom. The fraction of sp³-hybridized carbons (Fsp3) is 0.250. The summed E-state index contributed by atoms with van der Waals surface area (Å²) < 4.78 is 39.5. The SMILES string of the molecule is Cc1ccc(OC(=O)C2CN(C(=O)c3cccc(-c4ccco4)c3)CC(F)(F)C2)cc1. The number of hydrogen-bond donors (Lipinski definition) is 0. The minimum Gasteiger partial charge on any atom is -0.464 e. The summed E-state index contributed by atoms with van der Waals surface area (Å²) in [6, 6.07) is 16.8. The number of likely N-dealkylation sites (tertiary alicyclic amines) is 1. The number of esters is 1. The Labute approximate surface area is 178 Å². The van der Waals surface area contributed by atoms with Gasteiger partial charge in [0, 0.05) is 24.1 Å². The van der Waals surface area contributed by atoms with E-state index in [4.69, 9.17) is 9.15 Å². The zero-order chi connectivity index (χ0) is 22.0. The maximum atomic E-state index is 14.4. The molecule has 1 aliphatic rings. The lowest BCUT2D eigenvalue weighted by Crippen LogP contribution is -2.52. The van der Waals surface area contributed by atoms with E-state index in [1.54, 1.807) is 60.7 Å². The Kier molecular flexibility index (Phi) is 5.59. The molecule has 4 rings (SSSR count). The zero-order valence-corrected chi connectivity index (χ0v) is 16.9. The molecule has 1 fully saturated rings. The van der Waals surface area contributed by atoms with Crippen molar-refractivity contribution in [3.8, 4) is 17.1 Å². The summed E-state index contributed by atoms with van der Waals surface area (Å²) in [5.41, 5.74) is 1.89. The summed E-state index contributed by atoms with van der Waals surface area (Å²) in [4.78, 5) is 26.6. The first kappa shape index (κ1) is 20.8. The van der Waals surface area contributed by atoms with Crippen LogP contribution in [0.5, 0.6) is 5.75 Å². The number of ether oxygens (including phenoxy) is 1. The molecule has 0 saturated carbocycles. The fourth-order valence-electron chi connectivity index (χ4n) is 3.65. The summed E-state index contributed by atoms with van der Waals surface area (Å²) >= 11 is 0. The Bertz CT molecular complexity index is 1080. The molecule has 160 valence electrons. The Hall–Kier alpha value is -3.48. The Morgan fingerprint density at radius 1 is 1.10 bits per heavy atom. The number of carbonyl (C=O) groups excluding carboxylic acids is 2. The largest absolute Gasteiger partial charge is 0.464 e. The zero-order valence-electron chi connectivity index (χ0n) is 16.9. The van der Waals surface area contributed by atoms with Crippen LogP contribution in [0.2, 0.25) is 0 Å². The van der Waals surface area contributed by atoms with Crippen LogP contribution in [0.1, 0.15) is 22.3 Å². The molecule has 31 heavy (non-hydrogen) atoms. The van der Waals surface area contributed by atoms with E-state index in [2.05, 4.69) is 0 Å². The molecule has 0 N–H and O–H groups in total. The number of piperidine rings is 1. The summed E-state index contributed by atoms with van der Waals surface area (Å²) in [5.74, 6) is -4.80. The van der Waals surface area contributed by atoms with Crippen molar-refractivity contribution in [1.82, 2.24) is 4.90 Å². The molecule has 1 aliphatic heterocycles. The second-order valence-electron chi connectivity index (χ2n) is 7.73. The molecule has 0 bridgehead atoms. The van der Waals surface area contributed by atoms with Gasteiger partial charge in [-0.25, -0.2) is 8.78 Å². The maximum Gasteiger partial charge on any atom is 0.316 e. The molecular weight excluding hydrogens is 404 g/mol. The van der Waals surface area contributed by atoms with Crippen LogP contribution in [0, 0.1) is 12.8 Å². The summed E-state index contributed by atoms with van der Waals surface area (Å²) in [5, 5.41) is 0. The molecule has 1 atom stereocenters. The van der Waals surface area contributed by atoms with E-state index in [0.717, 1.165) is 10.5 Å². The van der Waals surface area contributed by atoms with Gasteiger partial charge in [-0.3, -0.25) is 9.59 Å². The topological polar surface area (TPSA) is 59.8 Å².